The Bertz CT molecular complexity index is 390. The van der Waals surface area contributed by atoms with E-state index >= 15 is 0 Å². The van der Waals surface area contributed by atoms with Gasteiger partial charge in [0.05, 0.1) is 11.8 Å². The molecule has 0 spiro atoms. The standard InChI is InChI=1S/C13H19NO3/c1-3-11(16)6-4-10-5-7-12(13(17)8-10)14-9(2)15/h5,7-8,11,16-17H,3-4,6H2,1-2H3,(H,14,15). The molecule has 17 heavy (non-hydrogen) atoms. The van der Waals surface area contributed by atoms with E-state index in [9.17, 15) is 15.0 Å². The number of carbonyl (C=O) groups excluding carboxylic acids is 1. The van der Waals surface area contributed by atoms with Gasteiger partial charge in [-0.25, -0.2) is 0 Å². The molecule has 0 bridgehead atoms. The molecule has 0 aliphatic carbocycles. The Morgan fingerprint density at radius 1 is 1.47 bits per heavy atom. The van der Waals surface area contributed by atoms with Crippen LogP contribution in [-0.4, -0.2) is 22.2 Å². The van der Waals surface area contributed by atoms with E-state index < -0.39 is 0 Å². The van der Waals surface area contributed by atoms with Crippen molar-refractivity contribution in [1.82, 2.24) is 0 Å². The van der Waals surface area contributed by atoms with Crippen molar-refractivity contribution in [3.05, 3.63) is 23.8 Å². The predicted octanol–water partition coefficient (Wildman–Crippen LogP) is 2.05. The molecule has 1 atom stereocenters. The van der Waals surface area contributed by atoms with E-state index in [1.807, 2.05) is 13.0 Å². The Morgan fingerprint density at radius 2 is 2.18 bits per heavy atom. The Balaban J connectivity index is 2.65. The van der Waals surface area contributed by atoms with Crippen LogP contribution in [0.1, 0.15) is 32.3 Å². The van der Waals surface area contributed by atoms with Crippen LogP contribution in [0.4, 0.5) is 5.69 Å². The highest BCUT2D eigenvalue weighted by atomic mass is 16.3. The summed E-state index contributed by atoms with van der Waals surface area (Å²) >= 11 is 0. The summed E-state index contributed by atoms with van der Waals surface area (Å²) in [6.07, 6.45) is 1.82. The zero-order chi connectivity index (χ0) is 12.8. The zero-order valence-electron chi connectivity index (χ0n) is 10.2. The molecule has 1 aromatic carbocycles. The number of phenolic OH excluding ortho intramolecular Hbond substituents is 1. The molecule has 1 unspecified atom stereocenters. The number of hydrogen-bond donors (Lipinski definition) is 3. The number of hydrogen-bond acceptors (Lipinski definition) is 3. The van der Waals surface area contributed by atoms with Gasteiger partial charge in [0.2, 0.25) is 5.91 Å². The van der Waals surface area contributed by atoms with E-state index in [4.69, 9.17) is 0 Å². The lowest BCUT2D eigenvalue weighted by atomic mass is 10.0. The summed E-state index contributed by atoms with van der Waals surface area (Å²) in [7, 11) is 0. The first-order chi connectivity index (χ1) is 8.02. The number of phenols is 1. The Kier molecular flexibility index (Phi) is 4.97. The second kappa shape index (κ2) is 6.25. The summed E-state index contributed by atoms with van der Waals surface area (Å²) in [5.74, 6) is -0.154. The average molecular weight is 237 g/mol. The number of amides is 1. The summed E-state index contributed by atoms with van der Waals surface area (Å²) in [6, 6.07) is 5.13. The summed E-state index contributed by atoms with van der Waals surface area (Å²) in [4.78, 5) is 10.8. The normalized spacial score (nSPS) is 12.2. The first-order valence-corrected chi connectivity index (χ1v) is 5.80. The lowest BCUT2D eigenvalue weighted by molar-refractivity contribution is -0.114. The van der Waals surface area contributed by atoms with Crippen molar-refractivity contribution in [1.29, 1.82) is 0 Å². The number of aromatic hydroxyl groups is 1. The maximum absolute atomic E-state index is 10.8. The monoisotopic (exact) mass is 237 g/mol. The number of aryl methyl sites for hydroxylation is 1. The van der Waals surface area contributed by atoms with E-state index in [1.54, 1.807) is 12.1 Å². The van der Waals surface area contributed by atoms with Crippen LogP contribution in [0.5, 0.6) is 5.75 Å². The highest BCUT2D eigenvalue weighted by Crippen LogP contribution is 2.25. The van der Waals surface area contributed by atoms with Gasteiger partial charge in [0, 0.05) is 6.92 Å². The molecule has 1 amide bonds. The number of carbonyl (C=O) groups is 1. The summed E-state index contributed by atoms with van der Waals surface area (Å²) in [5.41, 5.74) is 1.36. The highest BCUT2D eigenvalue weighted by molar-refractivity contribution is 5.90. The average Bonchev–Trinajstić information content (AvgIpc) is 2.28. The van der Waals surface area contributed by atoms with Crippen LogP contribution >= 0.6 is 0 Å². The SMILES string of the molecule is CCC(O)CCc1ccc(NC(C)=O)c(O)c1. The molecule has 4 nitrogen and oxygen atoms in total. The van der Waals surface area contributed by atoms with Gasteiger partial charge < -0.3 is 15.5 Å². The molecular formula is C13H19NO3. The molecule has 0 radical (unpaired) electrons. The molecule has 1 aromatic rings. The van der Waals surface area contributed by atoms with E-state index in [2.05, 4.69) is 5.32 Å². The number of anilines is 1. The number of benzene rings is 1. The van der Waals surface area contributed by atoms with Crippen molar-refractivity contribution in [2.45, 2.75) is 39.2 Å². The lowest BCUT2D eigenvalue weighted by Gasteiger charge is -2.09. The molecule has 0 aliphatic rings. The first kappa shape index (κ1) is 13.5. The third-order valence-electron chi connectivity index (χ3n) is 2.61. The van der Waals surface area contributed by atoms with Crippen molar-refractivity contribution < 1.29 is 15.0 Å². The smallest absolute Gasteiger partial charge is 0.221 e. The fourth-order valence-electron chi connectivity index (χ4n) is 1.57. The first-order valence-electron chi connectivity index (χ1n) is 5.80. The number of aliphatic hydroxyl groups excluding tert-OH is 1. The van der Waals surface area contributed by atoms with Crippen LogP contribution in [0.25, 0.3) is 0 Å². The van der Waals surface area contributed by atoms with Crippen LogP contribution in [0.15, 0.2) is 18.2 Å². The fraction of sp³-hybridized carbons (Fsp3) is 0.462. The van der Waals surface area contributed by atoms with Gasteiger partial charge in [0.25, 0.3) is 0 Å². The van der Waals surface area contributed by atoms with Gasteiger partial charge in [-0.3, -0.25) is 4.79 Å². The van der Waals surface area contributed by atoms with Crippen LogP contribution in [-0.2, 0) is 11.2 Å². The minimum absolute atomic E-state index is 0.0590. The molecule has 0 aromatic heterocycles. The van der Waals surface area contributed by atoms with Gasteiger partial charge >= 0.3 is 0 Å². The maximum atomic E-state index is 10.8. The van der Waals surface area contributed by atoms with Gasteiger partial charge in [-0.2, -0.15) is 0 Å². The van der Waals surface area contributed by atoms with E-state index in [0.29, 0.717) is 18.5 Å². The Morgan fingerprint density at radius 3 is 2.71 bits per heavy atom. The van der Waals surface area contributed by atoms with E-state index in [1.165, 1.54) is 6.92 Å². The third-order valence-corrected chi connectivity index (χ3v) is 2.61. The van der Waals surface area contributed by atoms with Gasteiger partial charge in [0.1, 0.15) is 5.75 Å². The van der Waals surface area contributed by atoms with Crippen molar-refractivity contribution in [2.75, 3.05) is 5.32 Å². The quantitative estimate of drug-likeness (QED) is 0.686. The molecule has 1 rings (SSSR count). The van der Waals surface area contributed by atoms with Gasteiger partial charge in [-0.15, -0.1) is 0 Å². The van der Waals surface area contributed by atoms with Crippen LogP contribution in [0.2, 0.25) is 0 Å². The minimum atomic E-state index is -0.299. The summed E-state index contributed by atoms with van der Waals surface area (Å²) in [6.45, 7) is 3.33. The predicted molar refractivity (Wildman–Crippen MR) is 67.0 cm³/mol. The second-order valence-electron chi connectivity index (χ2n) is 4.13. The lowest BCUT2D eigenvalue weighted by Crippen LogP contribution is -2.07. The number of aliphatic hydroxyl groups is 1. The summed E-state index contributed by atoms with van der Waals surface area (Å²) in [5, 5.41) is 21.7. The molecule has 0 aliphatic heterocycles. The Hall–Kier alpha value is -1.55. The topological polar surface area (TPSA) is 69.6 Å². The fourth-order valence-corrected chi connectivity index (χ4v) is 1.57. The molecular weight excluding hydrogens is 218 g/mol. The molecule has 3 N–H and O–H groups in total. The maximum Gasteiger partial charge on any atom is 0.221 e. The van der Waals surface area contributed by atoms with Crippen molar-refractivity contribution in [3.63, 3.8) is 0 Å². The minimum Gasteiger partial charge on any atom is -0.506 e. The van der Waals surface area contributed by atoms with Gasteiger partial charge in [0.15, 0.2) is 0 Å². The molecule has 0 heterocycles. The van der Waals surface area contributed by atoms with Crippen LogP contribution in [0.3, 0.4) is 0 Å². The van der Waals surface area contributed by atoms with Gasteiger partial charge in [-0.1, -0.05) is 13.0 Å². The molecule has 4 heteroatoms. The van der Waals surface area contributed by atoms with Crippen molar-refractivity contribution >= 4 is 11.6 Å². The molecule has 94 valence electrons. The van der Waals surface area contributed by atoms with E-state index in [-0.39, 0.29) is 17.8 Å². The molecule has 0 fully saturated rings. The zero-order valence-corrected chi connectivity index (χ0v) is 10.2. The van der Waals surface area contributed by atoms with E-state index in [0.717, 1.165) is 12.0 Å². The molecule has 0 saturated heterocycles. The largest absolute Gasteiger partial charge is 0.506 e. The van der Waals surface area contributed by atoms with Crippen LogP contribution < -0.4 is 5.32 Å². The summed E-state index contributed by atoms with van der Waals surface area (Å²) < 4.78 is 0. The number of nitrogens with one attached hydrogen (secondary N) is 1. The molecule has 0 saturated carbocycles. The van der Waals surface area contributed by atoms with Crippen molar-refractivity contribution in [3.8, 4) is 5.75 Å². The number of rotatable bonds is 5. The van der Waals surface area contributed by atoms with Gasteiger partial charge in [-0.05, 0) is 37.0 Å². The van der Waals surface area contributed by atoms with Crippen LogP contribution in [0, 0.1) is 0 Å². The highest BCUT2D eigenvalue weighted by Gasteiger charge is 2.06. The third kappa shape index (κ3) is 4.44. The second-order valence-corrected chi connectivity index (χ2v) is 4.13. The van der Waals surface area contributed by atoms with Crippen molar-refractivity contribution in [2.24, 2.45) is 0 Å². The Labute approximate surface area is 101 Å².